The summed E-state index contributed by atoms with van der Waals surface area (Å²) in [7, 11) is -4.22. The Hall–Kier alpha value is -2.62. The van der Waals surface area contributed by atoms with E-state index >= 15 is 0 Å². The van der Waals surface area contributed by atoms with Gasteiger partial charge in [0.15, 0.2) is 23.2 Å². The van der Waals surface area contributed by atoms with Crippen LogP contribution in [0.25, 0.3) is 11.2 Å². The van der Waals surface area contributed by atoms with E-state index in [-0.39, 0.29) is 0 Å². The van der Waals surface area contributed by atoms with E-state index in [1.165, 1.54) is 17.2 Å². The van der Waals surface area contributed by atoms with Crippen LogP contribution in [0.15, 0.2) is 35.5 Å². The molecule has 14 heteroatoms. The van der Waals surface area contributed by atoms with Crippen molar-refractivity contribution in [3.8, 4) is 0 Å². The molecule has 4 rings (SSSR count). The molecule has 3 aromatic heterocycles. The molecular formula is C15H18N6O7S. The SMILES string of the molecule is NS(=O)(=O)OC[C@H]1O[C@@H](n2cnc3c(NCc4ccco4)ncnc32)[C@H](O)[C@@H]1O. The Bertz CT molecular complexity index is 1090. The molecular weight excluding hydrogens is 408 g/mol. The third-order valence-electron chi connectivity index (χ3n) is 4.38. The largest absolute Gasteiger partial charge is 0.467 e. The van der Waals surface area contributed by atoms with Crippen LogP contribution < -0.4 is 10.5 Å². The van der Waals surface area contributed by atoms with Crippen molar-refractivity contribution in [1.82, 2.24) is 19.5 Å². The van der Waals surface area contributed by atoms with E-state index in [0.717, 1.165) is 0 Å². The summed E-state index contributed by atoms with van der Waals surface area (Å²) < 4.78 is 38.6. The highest BCUT2D eigenvalue weighted by atomic mass is 32.2. The number of imidazole rings is 1. The molecule has 13 nitrogen and oxygen atoms in total. The number of fused-ring (bicyclic) bond motifs is 1. The minimum atomic E-state index is -4.22. The van der Waals surface area contributed by atoms with Gasteiger partial charge in [0.1, 0.15) is 30.4 Å². The Morgan fingerprint density at radius 1 is 1.28 bits per heavy atom. The van der Waals surface area contributed by atoms with Gasteiger partial charge in [0.05, 0.1) is 25.7 Å². The molecule has 29 heavy (non-hydrogen) atoms. The normalized spacial score (nSPS) is 24.9. The number of anilines is 1. The Morgan fingerprint density at radius 3 is 2.83 bits per heavy atom. The number of aromatic nitrogens is 4. The van der Waals surface area contributed by atoms with Gasteiger partial charge in [-0.3, -0.25) is 8.75 Å². The minimum absolute atomic E-state index is 0.339. The molecule has 0 bridgehead atoms. The zero-order chi connectivity index (χ0) is 20.6. The molecule has 0 unspecified atom stereocenters. The average Bonchev–Trinajstić information content (AvgIpc) is 3.39. The van der Waals surface area contributed by atoms with Crippen LogP contribution in [0.1, 0.15) is 12.0 Å². The van der Waals surface area contributed by atoms with Crippen LogP contribution in [-0.2, 0) is 25.8 Å². The maximum Gasteiger partial charge on any atom is 0.333 e. The van der Waals surface area contributed by atoms with Gasteiger partial charge >= 0.3 is 10.3 Å². The van der Waals surface area contributed by atoms with Crippen LogP contribution in [0.5, 0.6) is 0 Å². The molecule has 1 aliphatic heterocycles. The van der Waals surface area contributed by atoms with Gasteiger partial charge in [0.2, 0.25) is 0 Å². The fourth-order valence-corrected chi connectivity index (χ4v) is 3.33. The summed E-state index contributed by atoms with van der Waals surface area (Å²) in [6.07, 6.45) is -0.734. The van der Waals surface area contributed by atoms with Crippen molar-refractivity contribution >= 4 is 27.3 Å². The first-order valence-electron chi connectivity index (χ1n) is 8.46. The molecule has 4 heterocycles. The summed E-state index contributed by atoms with van der Waals surface area (Å²) in [6.45, 7) is -0.175. The van der Waals surface area contributed by atoms with Crippen molar-refractivity contribution < 1.29 is 32.0 Å². The van der Waals surface area contributed by atoms with Crippen LogP contribution >= 0.6 is 0 Å². The predicted octanol–water partition coefficient (Wildman–Crippen LogP) is -1.13. The summed E-state index contributed by atoms with van der Waals surface area (Å²) >= 11 is 0. The number of rotatable bonds is 7. The molecule has 1 fully saturated rings. The van der Waals surface area contributed by atoms with Gasteiger partial charge < -0.3 is 24.7 Å². The van der Waals surface area contributed by atoms with Crippen LogP contribution in [-0.4, -0.2) is 63.1 Å². The van der Waals surface area contributed by atoms with Crippen molar-refractivity contribution in [2.45, 2.75) is 31.1 Å². The lowest BCUT2D eigenvalue weighted by Crippen LogP contribution is -2.35. The number of nitrogens with two attached hydrogens (primary N) is 1. The summed E-state index contributed by atoms with van der Waals surface area (Å²) in [6, 6.07) is 3.57. The summed E-state index contributed by atoms with van der Waals surface area (Å²) in [5.74, 6) is 1.14. The highest BCUT2D eigenvalue weighted by Crippen LogP contribution is 2.32. The third kappa shape index (κ3) is 4.07. The van der Waals surface area contributed by atoms with Crippen LogP contribution in [0.2, 0.25) is 0 Å². The number of hydrogen-bond donors (Lipinski definition) is 4. The first-order chi connectivity index (χ1) is 13.8. The summed E-state index contributed by atoms with van der Waals surface area (Å²) in [4.78, 5) is 12.6. The molecule has 156 valence electrons. The molecule has 5 N–H and O–H groups in total. The third-order valence-corrected chi connectivity index (χ3v) is 4.84. The fourth-order valence-electron chi connectivity index (χ4n) is 3.01. The van der Waals surface area contributed by atoms with E-state index in [4.69, 9.17) is 14.3 Å². The van der Waals surface area contributed by atoms with E-state index in [1.54, 1.807) is 18.4 Å². The molecule has 0 spiro atoms. The van der Waals surface area contributed by atoms with Crippen LogP contribution in [0.3, 0.4) is 0 Å². The lowest BCUT2D eigenvalue weighted by Gasteiger charge is -2.16. The maximum absolute atomic E-state index is 11.0. The second kappa shape index (κ2) is 7.66. The second-order valence-electron chi connectivity index (χ2n) is 6.30. The van der Waals surface area contributed by atoms with E-state index in [0.29, 0.717) is 29.3 Å². The van der Waals surface area contributed by atoms with Gasteiger partial charge in [0, 0.05) is 0 Å². The standard InChI is InChI=1S/C15H18N6O7S/c16-29(24,25)27-5-9-11(22)12(23)15(28-9)21-7-20-10-13(18-6-19-14(10)21)17-4-8-2-1-3-26-8/h1-3,6-7,9,11-12,15,22-23H,4-5H2,(H2,16,24,25)(H,17,18,19)/t9-,11-,12-,15-/m1/s1. The molecule has 0 radical (unpaired) electrons. The van der Waals surface area contributed by atoms with Crippen molar-refractivity contribution in [2.75, 3.05) is 11.9 Å². The quantitative estimate of drug-likeness (QED) is 0.358. The Labute approximate surface area is 164 Å². The fraction of sp³-hybridized carbons (Fsp3) is 0.400. The maximum atomic E-state index is 11.0. The Balaban J connectivity index is 1.55. The number of aliphatic hydroxyl groups is 2. The lowest BCUT2D eigenvalue weighted by atomic mass is 10.1. The number of furan rings is 1. The van der Waals surface area contributed by atoms with E-state index in [1.807, 2.05) is 0 Å². The van der Waals surface area contributed by atoms with E-state index in [2.05, 4.69) is 24.5 Å². The molecule has 3 aromatic rings. The first kappa shape index (κ1) is 19.7. The number of aliphatic hydroxyl groups excluding tert-OH is 2. The van der Waals surface area contributed by atoms with Gasteiger partial charge in [-0.25, -0.2) is 20.1 Å². The van der Waals surface area contributed by atoms with Crippen molar-refractivity contribution in [2.24, 2.45) is 5.14 Å². The highest BCUT2D eigenvalue weighted by Gasteiger charge is 2.45. The molecule has 1 saturated heterocycles. The number of nitrogens with one attached hydrogen (secondary N) is 1. The van der Waals surface area contributed by atoms with Crippen molar-refractivity contribution in [3.05, 3.63) is 36.8 Å². The molecule has 0 aliphatic carbocycles. The highest BCUT2D eigenvalue weighted by molar-refractivity contribution is 7.84. The van der Waals surface area contributed by atoms with Gasteiger partial charge in [-0.05, 0) is 12.1 Å². The number of ether oxygens (including phenoxy) is 1. The number of hydrogen-bond acceptors (Lipinski definition) is 11. The number of nitrogens with zero attached hydrogens (tertiary/aromatic N) is 4. The molecule has 0 aromatic carbocycles. The summed E-state index contributed by atoms with van der Waals surface area (Å²) in [5.41, 5.74) is 0.750. The predicted molar refractivity (Wildman–Crippen MR) is 96.3 cm³/mol. The van der Waals surface area contributed by atoms with Crippen LogP contribution in [0.4, 0.5) is 5.82 Å². The van der Waals surface area contributed by atoms with Crippen LogP contribution in [0, 0.1) is 0 Å². The Kier molecular flexibility index (Phi) is 5.20. The average molecular weight is 426 g/mol. The van der Waals surface area contributed by atoms with E-state index in [9.17, 15) is 18.6 Å². The van der Waals surface area contributed by atoms with Gasteiger partial charge in [-0.2, -0.15) is 8.42 Å². The van der Waals surface area contributed by atoms with Crippen molar-refractivity contribution in [3.63, 3.8) is 0 Å². The molecule has 4 atom stereocenters. The van der Waals surface area contributed by atoms with Crippen molar-refractivity contribution in [1.29, 1.82) is 0 Å². The minimum Gasteiger partial charge on any atom is -0.467 e. The van der Waals surface area contributed by atoms with Gasteiger partial charge in [0.25, 0.3) is 0 Å². The monoisotopic (exact) mass is 426 g/mol. The molecule has 1 aliphatic rings. The molecule has 0 amide bonds. The van der Waals surface area contributed by atoms with E-state index < -0.39 is 41.5 Å². The zero-order valence-corrected chi connectivity index (χ0v) is 15.6. The zero-order valence-electron chi connectivity index (χ0n) is 14.8. The summed E-state index contributed by atoms with van der Waals surface area (Å²) in [5, 5.41) is 28.4. The lowest BCUT2D eigenvalue weighted by molar-refractivity contribution is -0.0467. The molecule has 0 saturated carbocycles. The topological polar surface area (TPSA) is 188 Å². The smallest absolute Gasteiger partial charge is 0.333 e. The Morgan fingerprint density at radius 2 is 2.10 bits per heavy atom. The van der Waals surface area contributed by atoms with Gasteiger partial charge in [-0.15, -0.1) is 0 Å². The second-order valence-corrected chi connectivity index (χ2v) is 7.52. The van der Waals surface area contributed by atoms with Gasteiger partial charge in [-0.1, -0.05) is 0 Å². The first-order valence-corrected chi connectivity index (χ1v) is 9.93.